The summed E-state index contributed by atoms with van der Waals surface area (Å²) in [6, 6.07) is 8.84. The summed E-state index contributed by atoms with van der Waals surface area (Å²) in [6.07, 6.45) is 10.7. The maximum absolute atomic E-state index is 6.52. The topological polar surface area (TPSA) is 0 Å². The zero-order valence-electron chi connectivity index (χ0n) is 11.5. The van der Waals surface area contributed by atoms with Crippen LogP contribution in [-0.2, 0) is 6.42 Å². The van der Waals surface area contributed by atoms with Crippen LogP contribution in [0.3, 0.4) is 0 Å². The fraction of sp³-hybridized carbons (Fsp3) is 0.647. The summed E-state index contributed by atoms with van der Waals surface area (Å²) in [4.78, 5) is 0. The third-order valence-electron chi connectivity index (χ3n) is 4.30. The summed E-state index contributed by atoms with van der Waals surface area (Å²) in [5.74, 6) is 0.940. The van der Waals surface area contributed by atoms with Crippen molar-refractivity contribution < 1.29 is 0 Å². The number of rotatable bonds is 5. The third-order valence-corrected chi connectivity index (χ3v) is 4.77. The van der Waals surface area contributed by atoms with E-state index in [4.69, 9.17) is 11.6 Å². The highest BCUT2D eigenvalue weighted by Gasteiger charge is 2.16. The molecule has 0 aromatic heterocycles. The van der Waals surface area contributed by atoms with E-state index in [2.05, 4.69) is 31.2 Å². The van der Waals surface area contributed by atoms with Crippen LogP contribution in [0.15, 0.2) is 24.3 Å². The van der Waals surface area contributed by atoms with Crippen LogP contribution in [-0.4, -0.2) is 0 Å². The zero-order valence-corrected chi connectivity index (χ0v) is 12.3. The van der Waals surface area contributed by atoms with Crippen molar-refractivity contribution in [3.05, 3.63) is 35.4 Å². The average Bonchev–Trinajstić information content (AvgIpc) is 2.46. The molecule has 1 aromatic carbocycles. The highest BCUT2D eigenvalue weighted by Crippen LogP contribution is 2.33. The Hall–Kier alpha value is -0.490. The van der Waals surface area contributed by atoms with Crippen LogP contribution < -0.4 is 0 Å². The Morgan fingerprint density at radius 2 is 1.78 bits per heavy atom. The van der Waals surface area contributed by atoms with E-state index in [1.54, 1.807) is 0 Å². The van der Waals surface area contributed by atoms with Gasteiger partial charge in [0.15, 0.2) is 0 Å². The molecule has 1 fully saturated rings. The Kier molecular flexibility index (Phi) is 5.56. The van der Waals surface area contributed by atoms with Crippen LogP contribution in [0.5, 0.6) is 0 Å². The van der Waals surface area contributed by atoms with Crippen molar-refractivity contribution in [3.8, 4) is 0 Å². The fourth-order valence-corrected chi connectivity index (χ4v) is 3.26. The SMILES string of the molecule is CCc1ccc(C(Cl)CCC2CCCCC2)cc1. The van der Waals surface area contributed by atoms with Gasteiger partial charge in [0.05, 0.1) is 5.38 Å². The van der Waals surface area contributed by atoms with Crippen LogP contribution in [0.4, 0.5) is 0 Å². The second-order valence-corrected chi connectivity index (χ2v) is 6.17. The molecule has 0 amide bonds. The minimum absolute atomic E-state index is 0.206. The molecular weight excluding hydrogens is 240 g/mol. The van der Waals surface area contributed by atoms with Gasteiger partial charge in [0, 0.05) is 0 Å². The first-order chi connectivity index (χ1) is 8.79. The van der Waals surface area contributed by atoms with Crippen molar-refractivity contribution >= 4 is 11.6 Å². The maximum atomic E-state index is 6.52. The Morgan fingerprint density at radius 3 is 2.39 bits per heavy atom. The fourth-order valence-electron chi connectivity index (χ4n) is 2.99. The molecule has 18 heavy (non-hydrogen) atoms. The van der Waals surface area contributed by atoms with Gasteiger partial charge in [-0.15, -0.1) is 11.6 Å². The van der Waals surface area contributed by atoms with Gasteiger partial charge in [-0.3, -0.25) is 0 Å². The van der Waals surface area contributed by atoms with Crippen LogP contribution in [0.25, 0.3) is 0 Å². The summed E-state index contributed by atoms with van der Waals surface area (Å²) >= 11 is 6.52. The van der Waals surface area contributed by atoms with Gasteiger partial charge in [0.25, 0.3) is 0 Å². The normalized spacial score (nSPS) is 18.8. The monoisotopic (exact) mass is 264 g/mol. The van der Waals surface area contributed by atoms with Gasteiger partial charge in [-0.2, -0.15) is 0 Å². The van der Waals surface area contributed by atoms with E-state index in [1.165, 1.54) is 49.7 Å². The number of benzene rings is 1. The third kappa shape index (κ3) is 4.02. The van der Waals surface area contributed by atoms with Crippen LogP contribution in [0.1, 0.15) is 68.4 Å². The molecule has 1 aliphatic carbocycles. The van der Waals surface area contributed by atoms with Gasteiger partial charge >= 0.3 is 0 Å². The second kappa shape index (κ2) is 7.19. The number of hydrogen-bond acceptors (Lipinski definition) is 0. The van der Waals surface area contributed by atoms with Gasteiger partial charge in [0.1, 0.15) is 0 Å². The first kappa shape index (κ1) is 13.9. The number of alkyl halides is 1. The molecule has 100 valence electrons. The van der Waals surface area contributed by atoms with E-state index in [-0.39, 0.29) is 5.38 Å². The molecule has 0 spiro atoms. The summed E-state index contributed by atoms with van der Waals surface area (Å²) in [5.41, 5.74) is 2.69. The highest BCUT2D eigenvalue weighted by atomic mass is 35.5. The minimum Gasteiger partial charge on any atom is -0.118 e. The van der Waals surface area contributed by atoms with Gasteiger partial charge in [0.2, 0.25) is 0 Å². The molecule has 0 nitrogen and oxygen atoms in total. The van der Waals surface area contributed by atoms with Gasteiger partial charge < -0.3 is 0 Å². The van der Waals surface area contributed by atoms with Crippen molar-refractivity contribution in [1.82, 2.24) is 0 Å². The van der Waals surface area contributed by atoms with E-state index in [0.717, 1.165) is 18.8 Å². The molecule has 0 heterocycles. The van der Waals surface area contributed by atoms with Crippen LogP contribution in [0.2, 0.25) is 0 Å². The molecule has 1 atom stereocenters. The van der Waals surface area contributed by atoms with E-state index in [9.17, 15) is 0 Å². The Balaban J connectivity index is 1.80. The van der Waals surface area contributed by atoms with E-state index >= 15 is 0 Å². The molecule has 1 saturated carbocycles. The van der Waals surface area contributed by atoms with Crippen LogP contribution >= 0.6 is 11.6 Å². The number of halogens is 1. The molecule has 0 bridgehead atoms. The largest absolute Gasteiger partial charge is 0.118 e. The maximum Gasteiger partial charge on any atom is 0.0585 e. The van der Waals surface area contributed by atoms with Crippen molar-refractivity contribution in [3.63, 3.8) is 0 Å². The Morgan fingerprint density at radius 1 is 1.11 bits per heavy atom. The first-order valence-electron chi connectivity index (χ1n) is 7.52. The lowest BCUT2D eigenvalue weighted by atomic mass is 9.85. The van der Waals surface area contributed by atoms with Gasteiger partial charge in [-0.1, -0.05) is 63.3 Å². The molecule has 0 radical (unpaired) electrons. The zero-order chi connectivity index (χ0) is 12.8. The van der Waals surface area contributed by atoms with E-state index in [0.29, 0.717) is 0 Å². The standard InChI is InChI=1S/C17H25Cl/c1-2-14-8-11-16(12-9-14)17(18)13-10-15-6-4-3-5-7-15/h8-9,11-12,15,17H,2-7,10,13H2,1H3. The number of hydrogen-bond donors (Lipinski definition) is 0. The van der Waals surface area contributed by atoms with Crippen molar-refractivity contribution in [1.29, 1.82) is 0 Å². The lowest BCUT2D eigenvalue weighted by molar-refractivity contribution is 0.331. The number of aryl methyl sites for hydroxylation is 1. The molecule has 2 rings (SSSR count). The molecule has 0 N–H and O–H groups in total. The predicted octanol–water partition coefficient (Wildman–Crippen LogP) is 5.89. The summed E-state index contributed by atoms with van der Waals surface area (Å²) in [5, 5.41) is 0.206. The summed E-state index contributed by atoms with van der Waals surface area (Å²) < 4.78 is 0. The van der Waals surface area contributed by atoms with Gasteiger partial charge in [-0.25, -0.2) is 0 Å². The molecule has 1 aliphatic rings. The van der Waals surface area contributed by atoms with E-state index < -0.39 is 0 Å². The average molecular weight is 265 g/mol. The lowest BCUT2D eigenvalue weighted by Gasteiger charge is -2.22. The lowest BCUT2D eigenvalue weighted by Crippen LogP contribution is -2.07. The Bertz CT molecular complexity index is 335. The first-order valence-corrected chi connectivity index (χ1v) is 7.96. The molecule has 1 heteroatoms. The second-order valence-electron chi connectivity index (χ2n) is 5.64. The molecular formula is C17H25Cl. The molecule has 0 aliphatic heterocycles. The van der Waals surface area contributed by atoms with E-state index in [1.807, 2.05) is 0 Å². The molecule has 1 aromatic rings. The van der Waals surface area contributed by atoms with Crippen molar-refractivity contribution in [2.24, 2.45) is 5.92 Å². The molecule has 1 unspecified atom stereocenters. The highest BCUT2D eigenvalue weighted by molar-refractivity contribution is 6.20. The summed E-state index contributed by atoms with van der Waals surface area (Å²) in [6.45, 7) is 2.19. The van der Waals surface area contributed by atoms with Crippen LogP contribution in [0, 0.1) is 5.92 Å². The molecule has 0 saturated heterocycles. The quantitative estimate of drug-likeness (QED) is 0.582. The smallest absolute Gasteiger partial charge is 0.0585 e. The predicted molar refractivity (Wildman–Crippen MR) is 80.2 cm³/mol. The minimum atomic E-state index is 0.206. The Labute approximate surface area is 117 Å². The summed E-state index contributed by atoms with van der Waals surface area (Å²) in [7, 11) is 0. The van der Waals surface area contributed by atoms with Crippen molar-refractivity contribution in [2.75, 3.05) is 0 Å². The van der Waals surface area contributed by atoms with Gasteiger partial charge in [-0.05, 0) is 36.3 Å². The van der Waals surface area contributed by atoms with Crippen molar-refractivity contribution in [2.45, 2.75) is 63.7 Å².